The Labute approximate surface area is 131 Å². The van der Waals surface area contributed by atoms with Gasteiger partial charge in [0.1, 0.15) is 0 Å². The van der Waals surface area contributed by atoms with Gasteiger partial charge in [-0.3, -0.25) is 4.79 Å². The summed E-state index contributed by atoms with van der Waals surface area (Å²) in [6, 6.07) is 15.7. The quantitative estimate of drug-likeness (QED) is 0.512. The van der Waals surface area contributed by atoms with Gasteiger partial charge < -0.3 is 0 Å². The molecule has 94 valence electrons. The Morgan fingerprint density at radius 1 is 0.947 bits per heavy atom. The molecule has 19 heavy (non-hydrogen) atoms. The van der Waals surface area contributed by atoms with Crippen molar-refractivity contribution in [1.82, 2.24) is 0 Å². The molecule has 0 radical (unpaired) electrons. The van der Waals surface area contributed by atoms with Gasteiger partial charge in [-0.05, 0) is 54.8 Å². The van der Waals surface area contributed by atoms with E-state index in [9.17, 15) is 4.79 Å². The van der Waals surface area contributed by atoms with Crippen LogP contribution in [0, 0.1) is 0 Å². The minimum absolute atomic E-state index is 0.0575. The van der Waals surface area contributed by atoms with Crippen LogP contribution >= 0.6 is 43.2 Å². The van der Waals surface area contributed by atoms with Crippen LogP contribution < -0.4 is 0 Å². The number of hydrogen-bond acceptors (Lipinski definition) is 2. The van der Waals surface area contributed by atoms with Crippen molar-refractivity contribution >= 4 is 59.8 Å². The van der Waals surface area contributed by atoms with E-state index in [2.05, 4.69) is 31.9 Å². The summed E-state index contributed by atoms with van der Waals surface area (Å²) in [7, 11) is 0. The maximum absolute atomic E-state index is 12.4. The molecule has 0 saturated carbocycles. The molecule has 3 aromatic rings. The number of carbonyl (C=O) groups excluding carboxylic acids is 1. The van der Waals surface area contributed by atoms with Gasteiger partial charge in [-0.25, -0.2) is 0 Å². The van der Waals surface area contributed by atoms with Crippen molar-refractivity contribution < 1.29 is 4.79 Å². The number of rotatable bonds is 2. The maximum Gasteiger partial charge on any atom is 0.203 e. The van der Waals surface area contributed by atoms with Crippen LogP contribution in [0.15, 0.2) is 56.8 Å². The summed E-state index contributed by atoms with van der Waals surface area (Å²) in [6.07, 6.45) is 0. The molecule has 0 unspecified atom stereocenters. The molecule has 0 atom stereocenters. The van der Waals surface area contributed by atoms with E-state index in [0.29, 0.717) is 0 Å². The molecule has 3 rings (SSSR count). The van der Waals surface area contributed by atoms with Crippen LogP contribution in [0.1, 0.15) is 15.2 Å². The minimum Gasteiger partial charge on any atom is -0.288 e. The molecule has 0 N–H and O–H groups in total. The fourth-order valence-corrected chi connectivity index (χ4v) is 3.93. The Balaban J connectivity index is 2.06. The molecule has 0 saturated heterocycles. The predicted octanol–water partition coefficient (Wildman–Crippen LogP) is 5.66. The second-order valence-corrected chi connectivity index (χ2v) is 7.35. The zero-order valence-electron chi connectivity index (χ0n) is 9.69. The number of hydrogen-bond donors (Lipinski definition) is 0. The van der Waals surface area contributed by atoms with Crippen LogP contribution in [0.5, 0.6) is 0 Å². The maximum atomic E-state index is 12.4. The van der Waals surface area contributed by atoms with E-state index in [1.807, 2.05) is 48.5 Å². The Bertz CT molecular complexity index is 757. The highest BCUT2D eigenvalue weighted by molar-refractivity contribution is 9.13. The van der Waals surface area contributed by atoms with E-state index < -0.39 is 0 Å². The molecule has 1 nitrogen and oxygen atoms in total. The standard InChI is InChI=1S/C15H8Br2OS/c16-12-8-13(19-15(12)17)14(18)11-6-5-9-3-1-2-4-10(9)7-11/h1-8H. The van der Waals surface area contributed by atoms with Gasteiger partial charge in [-0.15, -0.1) is 11.3 Å². The van der Waals surface area contributed by atoms with Gasteiger partial charge in [0.15, 0.2) is 0 Å². The lowest BCUT2D eigenvalue weighted by molar-refractivity contribution is 0.104. The van der Waals surface area contributed by atoms with Gasteiger partial charge in [0.2, 0.25) is 5.78 Å². The average Bonchev–Trinajstić information content (AvgIpc) is 2.77. The fraction of sp³-hybridized carbons (Fsp3) is 0. The van der Waals surface area contributed by atoms with Crippen LogP contribution in [0.25, 0.3) is 10.8 Å². The Morgan fingerprint density at radius 2 is 1.68 bits per heavy atom. The molecule has 0 spiro atoms. The predicted molar refractivity (Wildman–Crippen MR) is 87.1 cm³/mol. The first-order valence-electron chi connectivity index (χ1n) is 5.63. The van der Waals surface area contributed by atoms with Gasteiger partial charge in [0, 0.05) is 10.0 Å². The van der Waals surface area contributed by atoms with Gasteiger partial charge in [0.05, 0.1) is 8.66 Å². The lowest BCUT2D eigenvalue weighted by Crippen LogP contribution is -1.97. The zero-order chi connectivity index (χ0) is 13.4. The third kappa shape index (κ3) is 2.53. The average molecular weight is 396 g/mol. The van der Waals surface area contributed by atoms with E-state index >= 15 is 0 Å². The molecule has 4 heteroatoms. The topological polar surface area (TPSA) is 17.1 Å². The van der Waals surface area contributed by atoms with Crippen molar-refractivity contribution in [2.45, 2.75) is 0 Å². The normalized spacial score (nSPS) is 10.8. The van der Waals surface area contributed by atoms with Crippen LogP contribution in [0.3, 0.4) is 0 Å². The molecular weight excluding hydrogens is 388 g/mol. The summed E-state index contributed by atoms with van der Waals surface area (Å²) in [5.41, 5.74) is 0.722. The first-order valence-corrected chi connectivity index (χ1v) is 8.04. The molecule has 0 amide bonds. The zero-order valence-corrected chi connectivity index (χ0v) is 13.7. The van der Waals surface area contributed by atoms with Gasteiger partial charge in [-0.1, -0.05) is 36.4 Å². The number of benzene rings is 2. The number of ketones is 1. The molecule has 2 aromatic carbocycles. The number of carbonyl (C=O) groups is 1. The fourth-order valence-electron chi connectivity index (χ4n) is 1.93. The summed E-state index contributed by atoms with van der Waals surface area (Å²) in [5, 5.41) is 2.23. The number of halogens is 2. The van der Waals surface area contributed by atoms with Crippen molar-refractivity contribution in [3.8, 4) is 0 Å². The molecule has 0 aliphatic heterocycles. The van der Waals surface area contributed by atoms with Crippen LogP contribution in [0.4, 0.5) is 0 Å². The van der Waals surface area contributed by atoms with Crippen LogP contribution in [-0.2, 0) is 0 Å². The van der Waals surface area contributed by atoms with Gasteiger partial charge >= 0.3 is 0 Å². The van der Waals surface area contributed by atoms with Gasteiger partial charge in [0.25, 0.3) is 0 Å². The molecule has 0 bridgehead atoms. The molecule has 0 aliphatic carbocycles. The molecular formula is C15H8Br2OS. The van der Waals surface area contributed by atoms with Crippen molar-refractivity contribution in [2.24, 2.45) is 0 Å². The SMILES string of the molecule is O=C(c1ccc2ccccc2c1)c1cc(Br)c(Br)s1. The van der Waals surface area contributed by atoms with Crippen molar-refractivity contribution in [1.29, 1.82) is 0 Å². The molecule has 0 fully saturated rings. The smallest absolute Gasteiger partial charge is 0.203 e. The second-order valence-electron chi connectivity index (χ2n) is 4.12. The monoisotopic (exact) mass is 394 g/mol. The van der Waals surface area contributed by atoms with Crippen molar-refractivity contribution in [2.75, 3.05) is 0 Å². The van der Waals surface area contributed by atoms with E-state index in [-0.39, 0.29) is 5.78 Å². The van der Waals surface area contributed by atoms with Crippen molar-refractivity contribution in [3.63, 3.8) is 0 Å². The Kier molecular flexibility index (Phi) is 3.56. The van der Waals surface area contributed by atoms with Crippen LogP contribution in [-0.4, -0.2) is 5.78 Å². The minimum atomic E-state index is 0.0575. The third-order valence-electron chi connectivity index (χ3n) is 2.88. The number of thiophene rings is 1. The van der Waals surface area contributed by atoms with E-state index in [1.54, 1.807) is 0 Å². The highest BCUT2D eigenvalue weighted by Gasteiger charge is 2.14. The summed E-state index contributed by atoms with van der Waals surface area (Å²) < 4.78 is 1.86. The molecule has 1 aromatic heterocycles. The Morgan fingerprint density at radius 3 is 2.37 bits per heavy atom. The summed E-state index contributed by atoms with van der Waals surface area (Å²) in [4.78, 5) is 13.2. The molecule has 1 heterocycles. The van der Waals surface area contributed by atoms with Crippen molar-refractivity contribution in [3.05, 3.63) is 67.2 Å². The van der Waals surface area contributed by atoms with E-state index in [1.165, 1.54) is 11.3 Å². The lowest BCUT2D eigenvalue weighted by Gasteiger charge is -2.01. The first kappa shape index (κ1) is 13.0. The molecule has 0 aliphatic rings. The lowest BCUT2D eigenvalue weighted by atomic mass is 10.0. The highest BCUT2D eigenvalue weighted by Crippen LogP contribution is 2.33. The van der Waals surface area contributed by atoms with Gasteiger partial charge in [-0.2, -0.15) is 0 Å². The summed E-state index contributed by atoms with van der Waals surface area (Å²) in [6.45, 7) is 0. The second kappa shape index (κ2) is 5.19. The largest absolute Gasteiger partial charge is 0.288 e. The summed E-state index contributed by atoms with van der Waals surface area (Å²) in [5.74, 6) is 0.0575. The van der Waals surface area contributed by atoms with E-state index in [4.69, 9.17) is 0 Å². The first-order chi connectivity index (χ1) is 9.15. The highest BCUT2D eigenvalue weighted by atomic mass is 79.9. The van der Waals surface area contributed by atoms with Crippen LogP contribution in [0.2, 0.25) is 0 Å². The Hall–Kier alpha value is -0.970. The number of fused-ring (bicyclic) bond motifs is 1. The van der Waals surface area contributed by atoms with E-state index in [0.717, 1.165) is 29.5 Å². The third-order valence-corrected chi connectivity index (χ3v) is 6.14. The summed E-state index contributed by atoms with van der Waals surface area (Å²) >= 11 is 8.27.